The van der Waals surface area contributed by atoms with Gasteiger partial charge < -0.3 is 4.74 Å². The summed E-state index contributed by atoms with van der Waals surface area (Å²) in [5.41, 5.74) is 0. The molecule has 0 N–H and O–H groups in total. The van der Waals surface area contributed by atoms with Gasteiger partial charge in [-0.05, 0) is 0 Å². The van der Waals surface area contributed by atoms with Gasteiger partial charge in [0, 0.05) is 10.8 Å². The maximum atomic E-state index is 9.89. The van der Waals surface area contributed by atoms with E-state index >= 15 is 0 Å². The molecule has 4 heteroatoms. The topological polar surface area (TPSA) is 55.7 Å². The fraction of sp³-hybridized carbons (Fsp3) is 1.00. The summed E-state index contributed by atoms with van der Waals surface area (Å²) in [6.45, 7) is 2.57. The summed E-state index contributed by atoms with van der Waals surface area (Å²) in [4.78, 5) is 9.59. The van der Waals surface area contributed by atoms with Crippen molar-refractivity contribution in [2.45, 2.75) is 13.0 Å². The zero-order valence-corrected chi connectivity index (χ0v) is 5.24. The number of hydrogen-bond donors (Lipinski definition) is 0. The second-order valence-corrected chi connectivity index (χ2v) is 2.36. The van der Waals surface area contributed by atoms with Gasteiger partial charge in [-0.15, -0.1) is 0 Å². The summed E-state index contributed by atoms with van der Waals surface area (Å²) in [5.74, 6) is 0.0833. The lowest BCUT2D eigenvalue weighted by atomic mass is 10.1. The molecule has 4 nitrogen and oxygen atoms in total. The molecule has 0 radical (unpaired) electrons. The lowest BCUT2D eigenvalue weighted by molar-refractivity contribution is -0.487. The Kier molecular flexibility index (Phi) is 1.66. The molecule has 9 heavy (non-hydrogen) atoms. The first-order valence-corrected chi connectivity index (χ1v) is 2.93. The van der Waals surface area contributed by atoms with Crippen LogP contribution in [-0.2, 0) is 4.74 Å². The number of nitrogens with zero attached hydrogens (tertiary/aromatic N) is 1. The van der Waals surface area contributed by atoms with Gasteiger partial charge in [0.2, 0.25) is 6.54 Å². The van der Waals surface area contributed by atoms with Gasteiger partial charge in [-0.2, -0.15) is 0 Å². The summed E-state index contributed by atoms with van der Waals surface area (Å²) in [5, 5.41) is 9.89. The van der Waals surface area contributed by atoms with E-state index in [1.807, 2.05) is 6.92 Å². The van der Waals surface area contributed by atoms with E-state index in [9.17, 15) is 10.1 Å². The van der Waals surface area contributed by atoms with Crippen molar-refractivity contribution in [1.82, 2.24) is 0 Å². The standard InChI is InChI=1S/C5H9NO3/c1-4(2-6(7)8)5-3-9-5/h4-5H,2-3H2,1H3. The molecule has 1 aliphatic rings. The number of rotatable bonds is 3. The van der Waals surface area contributed by atoms with E-state index in [4.69, 9.17) is 4.74 Å². The molecule has 0 spiro atoms. The Morgan fingerprint density at radius 1 is 2.00 bits per heavy atom. The van der Waals surface area contributed by atoms with Crippen LogP contribution in [0.25, 0.3) is 0 Å². The maximum Gasteiger partial charge on any atom is 0.208 e. The van der Waals surface area contributed by atoms with Crippen molar-refractivity contribution in [3.63, 3.8) is 0 Å². The zero-order valence-electron chi connectivity index (χ0n) is 5.24. The van der Waals surface area contributed by atoms with Crippen molar-refractivity contribution in [3.8, 4) is 0 Å². The smallest absolute Gasteiger partial charge is 0.208 e. The highest BCUT2D eigenvalue weighted by Crippen LogP contribution is 2.19. The third-order valence-corrected chi connectivity index (χ3v) is 1.43. The summed E-state index contributed by atoms with van der Waals surface area (Å²) < 4.78 is 4.87. The molecule has 0 aromatic carbocycles. The van der Waals surface area contributed by atoms with E-state index < -0.39 is 0 Å². The highest BCUT2D eigenvalue weighted by atomic mass is 16.6. The van der Waals surface area contributed by atoms with Crippen LogP contribution in [0.15, 0.2) is 0 Å². The van der Waals surface area contributed by atoms with Crippen molar-refractivity contribution >= 4 is 0 Å². The molecule has 0 aromatic rings. The van der Waals surface area contributed by atoms with Crippen LogP contribution in [0.1, 0.15) is 6.92 Å². The highest BCUT2D eigenvalue weighted by molar-refractivity contribution is 4.74. The zero-order chi connectivity index (χ0) is 6.85. The molecule has 0 bridgehead atoms. The van der Waals surface area contributed by atoms with E-state index in [2.05, 4.69) is 0 Å². The molecule has 0 aromatic heterocycles. The molecular weight excluding hydrogens is 122 g/mol. The lowest BCUT2D eigenvalue weighted by Crippen LogP contribution is -2.15. The van der Waals surface area contributed by atoms with Crippen LogP contribution in [0.3, 0.4) is 0 Å². The van der Waals surface area contributed by atoms with Crippen LogP contribution < -0.4 is 0 Å². The van der Waals surface area contributed by atoms with Crippen LogP contribution in [0.4, 0.5) is 0 Å². The van der Waals surface area contributed by atoms with Crippen LogP contribution in [-0.4, -0.2) is 24.2 Å². The van der Waals surface area contributed by atoms with E-state index in [1.165, 1.54) is 0 Å². The molecule has 0 aliphatic carbocycles. The molecule has 52 valence electrons. The van der Waals surface area contributed by atoms with Gasteiger partial charge >= 0.3 is 0 Å². The summed E-state index contributed by atoms with van der Waals surface area (Å²) in [7, 11) is 0. The van der Waals surface area contributed by atoms with E-state index in [-0.39, 0.29) is 23.5 Å². The Balaban J connectivity index is 2.17. The van der Waals surface area contributed by atoms with Crippen molar-refractivity contribution < 1.29 is 9.66 Å². The average molecular weight is 131 g/mol. The number of epoxide rings is 1. The van der Waals surface area contributed by atoms with Gasteiger partial charge in [-0.3, -0.25) is 10.1 Å². The SMILES string of the molecule is CC(C[N+](=O)[O-])C1CO1. The van der Waals surface area contributed by atoms with Crippen molar-refractivity contribution in [3.05, 3.63) is 10.1 Å². The fourth-order valence-corrected chi connectivity index (χ4v) is 0.737. The molecule has 0 saturated carbocycles. The van der Waals surface area contributed by atoms with Gasteiger partial charge in [0.05, 0.1) is 12.7 Å². The van der Waals surface area contributed by atoms with Crippen molar-refractivity contribution in [2.75, 3.05) is 13.2 Å². The average Bonchev–Trinajstić information content (AvgIpc) is 2.40. The van der Waals surface area contributed by atoms with E-state index in [0.29, 0.717) is 6.61 Å². The first-order valence-electron chi connectivity index (χ1n) is 2.93. The predicted octanol–water partition coefficient (Wildman–Crippen LogP) is 0.298. The normalized spacial score (nSPS) is 27.4. The van der Waals surface area contributed by atoms with Crippen LogP contribution in [0.2, 0.25) is 0 Å². The Morgan fingerprint density at radius 3 is 2.89 bits per heavy atom. The van der Waals surface area contributed by atoms with Crippen molar-refractivity contribution in [1.29, 1.82) is 0 Å². The van der Waals surface area contributed by atoms with Gasteiger partial charge in [0.1, 0.15) is 0 Å². The first-order chi connectivity index (χ1) is 4.20. The summed E-state index contributed by atoms with van der Waals surface area (Å²) in [6.07, 6.45) is 0.162. The Bertz CT molecular complexity index is 121. The number of nitro groups is 1. The Morgan fingerprint density at radius 2 is 2.56 bits per heavy atom. The third kappa shape index (κ3) is 1.97. The summed E-state index contributed by atoms with van der Waals surface area (Å²) >= 11 is 0. The Labute approximate surface area is 53.0 Å². The molecule has 1 aliphatic heterocycles. The maximum absolute atomic E-state index is 9.89. The monoisotopic (exact) mass is 131 g/mol. The largest absolute Gasteiger partial charge is 0.373 e. The van der Waals surface area contributed by atoms with Gasteiger partial charge in [0.25, 0.3) is 0 Å². The quantitative estimate of drug-likeness (QED) is 0.314. The van der Waals surface area contributed by atoms with Crippen LogP contribution in [0, 0.1) is 16.0 Å². The van der Waals surface area contributed by atoms with Crippen LogP contribution >= 0.6 is 0 Å². The molecular formula is C5H9NO3. The first kappa shape index (κ1) is 6.48. The number of ether oxygens (including phenoxy) is 1. The summed E-state index contributed by atoms with van der Waals surface area (Å²) in [6, 6.07) is 0. The third-order valence-electron chi connectivity index (χ3n) is 1.43. The van der Waals surface area contributed by atoms with Gasteiger partial charge in [-0.1, -0.05) is 6.92 Å². The predicted molar refractivity (Wildman–Crippen MR) is 30.8 cm³/mol. The molecule has 0 amide bonds. The van der Waals surface area contributed by atoms with E-state index in [0.717, 1.165) is 0 Å². The molecule has 2 atom stereocenters. The number of hydrogen-bond acceptors (Lipinski definition) is 3. The fourth-order valence-electron chi connectivity index (χ4n) is 0.737. The minimum absolute atomic E-state index is 0.0324. The minimum atomic E-state index is -0.299. The van der Waals surface area contributed by atoms with E-state index in [1.54, 1.807) is 0 Å². The van der Waals surface area contributed by atoms with Gasteiger partial charge in [-0.25, -0.2) is 0 Å². The molecule has 1 fully saturated rings. The molecule has 1 rings (SSSR count). The lowest BCUT2D eigenvalue weighted by Gasteiger charge is -1.98. The highest BCUT2D eigenvalue weighted by Gasteiger charge is 2.32. The van der Waals surface area contributed by atoms with Crippen LogP contribution in [0.5, 0.6) is 0 Å². The van der Waals surface area contributed by atoms with Gasteiger partial charge in [0.15, 0.2) is 0 Å². The van der Waals surface area contributed by atoms with Crippen molar-refractivity contribution in [2.24, 2.45) is 5.92 Å². The second kappa shape index (κ2) is 2.31. The Hall–Kier alpha value is -0.640. The molecule has 1 heterocycles. The molecule has 1 saturated heterocycles. The minimum Gasteiger partial charge on any atom is -0.373 e. The second-order valence-electron chi connectivity index (χ2n) is 2.36. The molecule has 2 unspecified atom stereocenters.